The highest BCUT2D eigenvalue weighted by Crippen LogP contribution is 2.25. The zero-order valence-corrected chi connectivity index (χ0v) is 14.8. The van der Waals surface area contributed by atoms with Crippen LogP contribution in [0.25, 0.3) is 11.3 Å². The SMILES string of the molecule is CN1CCc2cc(OCc3cccc(-c4nn[nH]c4C#N)c3)ccc2C1=O. The lowest BCUT2D eigenvalue weighted by Crippen LogP contribution is -2.34. The lowest BCUT2D eigenvalue weighted by atomic mass is 9.99. The van der Waals surface area contributed by atoms with Crippen LogP contribution in [0.1, 0.15) is 27.2 Å². The van der Waals surface area contributed by atoms with Crippen molar-refractivity contribution in [2.24, 2.45) is 0 Å². The van der Waals surface area contributed by atoms with Crippen molar-refractivity contribution in [3.63, 3.8) is 0 Å². The highest BCUT2D eigenvalue weighted by atomic mass is 16.5. The standard InChI is InChI=1S/C20H17N5O2/c1-25-8-7-14-10-16(5-6-17(14)20(25)26)27-12-13-3-2-4-15(9-13)19-18(11-21)22-24-23-19/h2-6,9-10H,7-8,12H2,1H3,(H,22,23,24). The van der Waals surface area contributed by atoms with Gasteiger partial charge in [-0.25, -0.2) is 5.10 Å². The summed E-state index contributed by atoms with van der Waals surface area (Å²) >= 11 is 0. The largest absolute Gasteiger partial charge is 0.489 e. The molecule has 0 fully saturated rings. The second-order valence-electron chi connectivity index (χ2n) is 6.43. The van der Waals surface area contributed by atoms with Crippen molar-refractivity contribution in [2.75, 3.05) is 13.6 Å². The Morgan fingerprint density at radius 1 is 1.30 bits per heavy atom. The summed E-state index contributed by atoms with van der Waals surface area (Å²) in [5, 5.41) is 19.3. The Labute approximate surface area is 156 Å². The number of hydrogen-bond acceptors (Lipinski definition) is 5. The molecular weight excluding hydrogens is 342 g/mol. The molecule has 0 saturated heterocycles. The van der Waals surface area contributed by atoms with Gasteiger partial charge in [-0.2, -0.15) is 5.26 Å². The maximum absolute atomic E-state index is 12.2. The summed E-state index contributed by atoms with van der Waals surface area (Å²) in [4.78, 5) is 13.9. The molecule has 1 aliphatic heterocycles. The molecule has 1 amide bonds. The fraction of sp³-hybridized carbons (Fsp3) is 0.200. The summed E-state index contributed by atoms with van der Waals surface area (Å²) in [5.74, 6) is 0.784. The normalized spacial score (nSPS) is 13.2. The van der Waals surface area contributed by atoms with Crippen molar-refractivity contribution in [1.29, 1.82) is 5.26 Å². The number of amides is 1. The van der Waals surface area contributed by atoms with Crippen molar-refractivity contribution in [3.05, 3.63) is 64.8 Å². The molecule has 7 heteroatoms. The molecule has 0 radical (unpaired) electrons. The van der Waals surface area contributed by atoms with Crippen LogP contribution in [0.4, 0.5) is 0 Å². The van der Waals surface area contributed by atoms with E-state index in [0.717, 1.165) is 41.0 Å². The molecule has 0 bridgehead atoms. The lowest BCUT2D eigenvalue weighted by Gasteiger charge is -2.25. The van der Waals surface area contributed by atoms with Crippen LogP contribution < -0.4 is 4.74 Å². The quantitative estimate of drug-likeness (QED) is 0.772. The van der Waals surface area contributed by atoms with Crippen LogP contribution in [0.5, 0.6) is 5.75 Å². The van der Waals surface area contributed by atoms with Gasteiger partial charge in [0, 0.05) is 24.7 Å². The van der Waals surface area contributed by atoms with Crippen LogP contribution in [0.2, 0.25) is 0 Å². The topological polar surface area (TPSA) is 94.9 Å². The number of carbonyl (C=O) groups excluding carboxylic acids is 1. The zero-order chi connectivity index (χ0) is 18.8. The molecule has 2 heterocycles. The minimum atomic E-state index is 0.0522. The molecule has 1 N–H and O–H groups in total. The van der Waals surface area contributed by atoms with E-state index in [4.69, 9.17) is 10.00 Å². The first kappa shape index (κ1) is 16.8. The number of H-pyrrole nitrogens is 1. The number of carbonyl (C=O) groups is 1. The zero-order valence-electron chi connectivity index (χ0n) is 14.8. The number of nitrogens with one attached hydrogen (secondary N) is 1. The van der Waals surface area contributed by atoms with E-state index in [1.165, 1.54) is 0 Å². The molecule has 7 nitrogen and oxygen atoms in total. The van der Waals surface area contributed by atoms with E-state index in [1.807, 2.05) is 55.6 Å². The minimum absolute atomic E-state index is 0.0522. The number of nitrogens with zero attached hydrogens (tertiary/aromatic N) is 4. The number of nitriles is 1. The third kappa shape index (κ3) is 3.25. The first-order chi connectivity index (χ1) is 13.2. The summed E-state index contributed by atoms with van der Waals surface area (Å²) in [6.07, 6.45) is 0.827. The monoisotopic (exact) mass is 359 g/mol. The van der Waals surface area contributed by atoms with Gasteiger partial charge in [-0.05, 0) is 41.8 Å². The number of aromatic amines is 1. The molecule has 2 aromatic carbocycles. The number of hydrogen-bond donors (Lipinski definition) is 1. The summed E-state index contributed by atoms with van der Waals surface area (Å²) in [5.41, 5.74) is 4.38. The average molecular weight is 359 g/mol. The van der Waals surface area contributed by atoms with Crippen molar-refractivity contribution in [3.8, 4) is 23.1 Å². The van der Waals surface area contributed by atoms with E-state index in [1.54, 1.807) is 4.90 Å². The van der Waals surface area contributed by atoms with Gasteiger partial charge in [-0.15, -0.1) is 5.10 Å². The van der Waals surface area contributed by atoms with Gasteiger partial charge in [0.25, 0.3) is 5.91 Å². The number of rotatable bonds is 4. The highest BCUT2D eigenvalue weighted by Gasteiger charge is 2.21. The van der Waals surface area contributed by atoms with Gasteiger partial charge in [0.05, 0.1) is 0 Å². The number of aromatic nitrogens is 3. The van der Waals surface area contributed by atoms with Crippen LogP contribution >= 0.6 is 0 Å². The molecular formula is C20H17N5O2. The average Bonchev–Trinajstić information content (AvgIpc) is 3.18. The van der Waals surface area contributed by atoms with E-state index < -0.39 is 0 Å². The van der Waals surface area contributed by atoms with Gasteiger partial charge >= 0.3 is 0 Å². The molecule has 1 aromatic heterocycles. The number of benzene rings is 2. The maximum atomic E-state index is 12.2. The summed E-state index contributed by atoms with van der Waals surface area (Å²) < 4.78 is 5.92. The minimum Gasteiger partial charge on any atom is -0.489 e. The van der Waals surface area contributed by atoms with Crippen LogP contribution in [0, 0.1) is 11.3 Å². The van der Waals surface area contributed by atoms with Gasteiger partial charge < -0.3 is 9.64 Å². The number of likely N-dealkylation sites (N-methyl/N-ethyl adjacent to an activating group) is 1. The van der Waals surface area contributed by atoms with Crippen LogP contribution in [-0.4, -0.2) is 39.8 Å². The molecule has 0 aliphatic carbocycles. The Balaban J connectivity index is 1.51. The van der Waals surface area contributed by atoms with Gasteiger partial charge in [0.2, 0.25) is 0 Å². The molecule has 0 spiro atoms. The Hall–Kier alpha value is -3.66. The van der Waals surface area contributed by atoms with Crippen molar-refractivity contribution in [2.45, 2.75) is 13.0 Å². The van der Waals surface area contributed by atoms with Crippen molar-refractivity contribution in [1.82, 2.24) is 20.3 Å². The molecule has 3 aromatic rings. The molecule has 0 atom stereocenters. The third-order valence-electron chi connectivity index (χ3n) is 4.64. The molecule has 134 valence electrons. The Kier molecular flexibility index (Phi) is 4.30. The van der Waals surface area contributed by atoms with Crippen LogP contribution in [0.3, 0.4) is 0 Å². The fourth-order valence-corrected chi connectivity index (χ4v) is 3.15. The van der Waals surface area contributed by atoms with Gasteiger partial charge in [-0.3, -0.25) is 4.79 Å². The third-order valence-corrected chi connectivity index (χ3v) is 4.64. The summed E-state index contributed by atoms with van der Waals surface area (Å²) in [6, 6.07) is 15.3. The van der Waals surface area contributed by atoms with Crippen LogP contribution in [-0.2, 0) is 13.0 Å². The smallest absolute Gasteiger partial charge is 0.253 e. The van der Waals surface area contributed by atoms with Gasteiger partial charge in [0.1, 0.15) is 24.1 Å². The molecule has 27 heavy (non-hydrogen) atoms. The number of ether oxygens (including phenoxy) is 1. The van der Waals surface area contributed by atoms with E-state index in [2.05, 4.69) is 15.4 Å². The van der Waals surface area contributed by atoms with E-state index in [0.29, 0.717) is 18.0 Å². The van der Waals surface area contributed by atoms with Crippen LogP contribution in [0.15, 0.2) is 42.5 Å². The Bertz CT molecular complexity index is 1050. The predicted molar refractivity (Wildman–Crippen MR) is 98.0 cm³/mol. The van der Waals surface area contributed by atoms with Gasteiger partial charge in [-0.1, -0.05) is 23.4 Å². The number of fused-ring (bicyclic) bond motifs is 1. The molecule has 0 saturated carbocycles. The van der Waals surface area contributed by atoms with Crippen molar-refractivity contribution >= 4 is 5.91 Å². The molecule has 1 aliphatic rings. The summed E-state index contributed by atoms with van der Waals surface area (Å²) in [6.45, 7) is 1.09. The van der Waals surface area contributed by atoms with Gasteiger partial charge in [0.15, 0.2) is 5.69 Å². The van der Waals surface area contributed by atoms with E-state index in [9.17, 15) is 4.79 Å². The molecule has 4 rings (SSSR count). The Morgan fingerprint density at radius 2 is 2.19 bits per heavy atom. The van der Waals surface area contributed by atoms with Crippen molar-refractivity contribution < 1.29 is 9.53 Å². The molecule has 0 unspecified atom stereocenters. The first-order valence-electron chi connectivity index (χ1n) is 8.57. The second kappa shape index (κ2) is 6.92. The first-order valence-corrected chi connectivity index (χ1v) is 8.57. The summed E-state index contributed by atoms with van der Waals surface area (Å²) in [7, 11) is 1.81. The fourth-order valence-electron chi connectivity index (χ4n) is 3.15. The Morgan fingerprint density at radius 3 is 3.04 bits per heavy atom. The van der Waals surface area contributed by atoms with E-state index in [-0.39, 0.29) is 5.91 Å². The maximum Gasteiger partial charge on any atom is 0.253 e. The lowest BCUT2D eigenvalue weighted by molar-refractivity contribution is 0.0780. The van der Waals surface area contributed by atoms with E-state index >= 15 is 0 Å². The predicted octanol–water partition coefficient (Wildman–Crippen LogP) is 2.55. The highest BCUT2D eigenvalue weighted by molar-refractivity contribution is 5.96. The second-order valence-corrected chi connectivity index (χ2v) is 6.43.